The van der Waals surface area contributed by atoms with Crippen LogP contribution in [0, 0.1) is 0 Å². The molecule has 0 aromatic carbocycles. The Kier molecular flexibility index (Phi) is 7.27. The molecule has 1 atom stereocenters. The van der Waals surface area contributed by atoms with E-state index in [4.69, 9.17) is 9.57 Å². The zero-order valence-corrected chi connectivity index (χ0v) is 12.1. The molecule has 0 spiro atoms. The number of carbonyl (C=O) groups excluding carboxylic acids is 2. The first-order valence-corrected chi connectivity index (χ1v) is 5.98. The van der Waals surface area contributed by atoms with Gasteiger partial charge in [0.1, 0.15) is 0 Å². The number of allylic oxidation sites excluding steroid dienone is 1. The molecule has 0 saturated carbocycles. The lowest BCUT2D eigenvalue weighted by molar-refractivity contribution is -0.196. The second-order valence-corrected chi connectivity index (χ2v) is 4.28. The molecule has 18 heavy (non-hydrogen) atoms. The molecule has 0 heterocycles. The molecule has 104 valence electrons. The third-order valence-electron chi connectivity index (χ3n) is 2.70. The van der Waals surface area contributed by atoms with Crippen molar-refractivity contribution in [2.24, 2.45) is 0 Å². The van der Waals surface area contributed by atoms with Crippen molar-refractivity contribution in [2.45, 2.75) is 47.1 Å². The summed E-state index contributed by atoms with van der Waals surface area (Å²) in [6.45, 7) is 9.21. The predicted molar refractivity (Wildman–Crippen MR) is 68.6 cm³/mol. The van der Waals surface area contributed by atoms with Gasteiger partial charge in [0.25, 0.3) is 0 Å². The van der Waals surface area contributed by atoms with Gasteiger partial charge in [0.05, 0.1) is 13.7 Å². The standard InChI is InChI=1S/C13H23NO4/c1-7-18-13(16)12(8-10(4)9(2)3)14(17-6)11(5)15/h12H,7-8H2,1-6H3. The normalized spacial score (nSPS) is 11.7. The van der Waals surface area contributed by atoms with Crippen molar-refractivity contribution in [3.05, 3.63) is 11.1 Å². The highest BCUT2D eigenvalue weighted by molar-refractivity contribution is 5.82. The number of hydrogen-bond acceptors (Lipinski definition) is 4. The molecule has 1 unspecified atom stereocenters. The van der Waals surface area contributed by atoms with E-state index >= 15 is 0 Å². The van der Waals surface area contributed by atoms with Gasteiger partial charge in [-0.25, -0.2) is 9.86 Å². The van der Waals surface area contributed by atoms with Crippen LogP contribution in [0.5, 0.6) is 0 Å². The Hall–Kier alpha value is -1.36. The summed E-state index contributed by atoms with van der Waals surface area (Å²) in [6.07, 6.45) is 0.411. The average molecular weight is 257 g/mol. The molecule has 5 nitrogen and oxygen atoms in total. The van der Waals surface area contributed by atoms with Gasteiger partial charge >= 0.3 is 5.97 Å². The summed E-state index contributed by atoms with van der Waals surface area (Å²) in [7, 11) is 1.37. The first-order chi connectivity index (χ1) is 8.34. The maximum absolute atomic E-state index is 11.9. The topological polar surface area (TPSA) is 55.8 Å². The number of carbonyl (C=O) groups is 2. The van der Waals surface area contributed by atoms with Crippen LogP contribution in [0.4, 0.5) is 0 Å². The summed E-state index contributed by atoms with van der Waals surface area (Å²) in [5.41, 5.74) is 2.15. The molecule has 0 N–H and O–H groups in total. The lowest BCUT2D eigenvalue weighted by Gasteiger charge is -2.27. The fraction of sp³-hybridized carbons (Fsp3) is 0.692. The highest BCUT2D eigenvalue weighted by Crippen LogP contribution is 2.16. The molecule has 0 fully saturated rings. The molecule has 0 radical (unpaired) electrons. The first kappa shape index (κ1) is 16.6. The van der Waals surface area contributed by atoms with Gasteiger partial charge in [0, 0.05) is 13.3 Å². The summed E-state index contributed by atoms with van der Waals surface area (Å²) >= 11 is 0. The average Bonchev–Trinajstić information content (AvgIpc) is 2.28. The summed E-state index contributed by atoms with van der Waals surface area (Å²) in [5.74, 6) is -0.771. The molecule has 0 aliphatic heterocycles. The Morgan fingerprint density at radius 2 is 1.72 bits per heavy atom. The van der Waals surface area contributed by atoms with Crippen molar-refractivity contribution in [2.75, 3.05) is 13.7 Å². The molecule has 0 aliphatic rings. The second-order valence-electron chi connectivity index (χ2n) is 4.28. The van der Waals surface area contributed by atoms with E-state index in [9.17, 15) is 9.59 Å². The van der Waals surface area contributed by atoms with Gasteiger partial charge in [-0.1, -0.05) is 11.1 Å². The Morgan fingerprint density at radius 3 is 2.06 bits per heavy atom. The Bertz CT molecular complexity index is 332. The van der Waals surface area contributed by atoms with Gasteiger partial charge in [0.2, 0.25) is 5.91 Å². The molecule has 0 aromatic heterocycles. The SMILES string of the molecule is CCOC(=O)C(CC(C)=C(C)C)N(OC)C(C)=O. The zero-order chi connectivity index (χ0) is 14.3. The van der Waals surface area contributed by atoms with Gasteiger partial charge in [-0.2, -0.15) is 0 Å². The van der Waals surface area contributed by atoms with Crippen molar-refractivity contribution in [3.8, 4) is 0 Å². The van der Waals surface area contributed by atoms with E-state index in [-0.39, 0.29) is 12.5 Å². The van der Waals surface area contributed by atoms with E-state index in [1.807, 2.05) is 20.8 Å². The molecular weight excluding hydrogens is 234 g/mol. The van der Waals surface area contributed by atoms with E-state index in [1.54, 1.807) is 6.92 Å². The predicted octanol–water partition coefficient (Wildman–Crippen LogP) is 2.07. The second kappa shape index (κ2) is 7.87. The Balaban J connectivity index is 5.10. The highest BCUT2D eigenvalue weighted by Gasteiger charge is 2.30. The fourth-order valence-corrected chi connectivity index (χ4v) is 1.47. The fourth-order valence-electron chi connectivity index (χ4n) is 1.47. The minimum Gasteiger partial charge on any atom is -0.464 e. The molecule has 5 heteroatoms. The van der Waals surface area contributed by atoms with Crippen LogP contribution in [0.3, 0.4) is 0 Å². The van der Waals surface area contributed by atoms with E-state index in [2.05, 4.69) is 0 Å². The molecule has 0 aromatic rings. The van der Waals surface area contributed by atoms with Crippen LogP contribution in [0.1, 0.15) is 41.0 Å². The summed E-state index contributed by atoms with van der Waals surface area (Å²) in [6, 6.07) is -0.734. The monoisotopic (exact) mass is 257 g/mol. The molecule has 0 bridgehead atoms. The van der Waals surface area contributed by atoms with Gasteiger partial charge in [-0.15, -0.1) is 0 Å². The number of esters is 1. The number of rotatable bonds is 6. The van der Waals surface area contributed by atoms with Gasteiger partial charge < -0.3 is 4.74 Å². The van der Waals surface area contributed by atoms with E-state index in [0.29, 0.717) is 6.42 Å². The van der Waals surface area contributed by atoms with Crippen LogP contribution in [-0.4, -0.2) is 36.7 Å². The van der Waals surface area contributed by atoms with E-state index in [1.165, 1.54) is 14.0 Å². The number of hydroxylamine groups is 2. The van der Waals surface area contributed by atoms with Crippen LogP contribution in [0.2, 0.25) is 0 Å². The van der Waals surface area contributed by atoms with Crippen LogP contribution >= 0.6 is 0 Å². The zero-order valence-electron chi connectivity index (χ0n) is 12.1. The van der Waals surface area contributed by atoms with Crippen molar-refractivity contribution < 1.29 is 19.2 Å². The quantitative estimate of drug-likeness (QED) is 0.415. The number of amides is 1. The van der Waals surface area contributed by atoms with Crippen LogP contribution in [0.15, 0.2) is 11.1 Å². The summed E-state index contributed by atoms with van der Waals surface area (Å²) in [4.78, 5) is 28.3. The number of ether oxygens (including phenoxy) is 1. The minimum absolute atomic E-state index is 0.276. The first-order valence-electron chi connectivity index (χ1n) is 5.98. The van der Waals surface area contributed by atoms with Crippen molar-refractivity contribution >= 4 is 11.9 Å². The lowest BCUT2D eigenvalue weighted by atomic mass is 10.0. The van der Waals surface area contributed by atoms with Crippen molar-refractivity contribution in [1.29, 1.82) is 0 Å². The van der Waals surface area contributed by atoms with Gasteiger partial charge in [-0.05, 0) is 27.7 Å². The number of hydrogen-bond donors (Lipinski definition) is 0. The van der Waals surface area contributed by atoms with Gasteiger partial charge in [-0.3, -0.25) is 9.63 Å². The molecule has 1 amide bonds. The maximum atomic E-state index is 11.9. The maximum Gasteiger partial charge on any atom is 0.331 e. The van der Waals surface area contributed by atoms with Crippen LogP contribution in [-0.2, 0) is 19.2 Å². The van der Waals surface area contributed by atoms with Gasteiger partial charge in [0.15, 0.2) is 6.04 Å². The number of nitrogens with zero attached hydrogens (tertiary/aromatic N) is 1. The highest BCUT2D eigenvalue weighted by atomic mass is 16.7. The molecule has 0 rings (SSSR count). The van der Waals surface area contributed by atoms with Crippen LogP contribution < -0.4 is 0 Å². The lowest BCUT2D eigenvalue weighted by Crippen LogP contribution is -2.44. The van der Waals surface area contributed by atoms with Crippen molar-refractivity contribution in [3.63, 3.8) is 0 Å². The summed E-state index contributed by atoms with van der Waals surface area (Å²) < 4.78 is 4.98. The summed E-state index contributed by atoms with van der Waals surface area (Å²) in [5, 5.41) is 1.06. The largest absolute Gasteiger partial charge is 0.464 e. The van der Waals surface area contributed by atoms with Crippen molar-refractivity contribution in [1.82, 2.24) is 5.06 Å². The van der Waals surface area contributed by atoms with E-state index < -0.39 is 12.0 Å². The molecule has 0 aliphatic carbocycles. The molecule has 0 saturated heterocycles. The molecular formula is C13H23NO4. The van der Waals surface area contributed by atoms with E-state index in [0.717, 1.165) is 16.2 Å². The minimum atomic E-state index is -0.734. The Labute approximate surface area is 109 Å². The van der Waals surface area contributed by atoms with Crippen LogP contribution in [0.25, 0.3) is 0 Å². The Morgan fingerprint density at radius 1 is 1.17 bits per heavy atom. The third kappa shape index (κ3) is 4.87. The smallest absolute Gasteiger partial charge is 0.331 e. The third-order valence-corrected chi connectivity index (χ3v) is 2.70.